The zero-order valence-corrected chi connectivity index (χ0v) is 30.8. The van der Waals surface area contributed by atoms with Crippen LogP contribution in [0.15, 0.2) is 95.9 Å². The van der Waals surface area contributed by atoms with Crippen molar-refractivity contribution in [3.05, 3.63) is 117 Å². The van der Waals surface area contributed by atoms with Gasteiger partial charge in [-0.2, -0.15) is 0 Å². The fraction of sp³-hybridized carbons (Fsp3) is 0.278. The lowest BCUT2D eigenvalue weighted by molar-refractivity contribution is -0.140. The van der Waals surface area contributed by atoms with Crippen LogP contribution < -0.4 is 19.1 Å². The predicted molar refractivity (Wildman–Crippen MR) is 194 cm³/mol. The second kappa shape index (κ2) is 16.2. The Labute approximate surface area is 302 Å². The normalized spacial score (nSPS) is 12.2. The molecule has 4 aromatic carbocycles. The number of nitrogens with zero attached hydrogens (tertiary/aromatic N) is 2. The highest BCUT2D eigenvalue weighted by atomic mass is 35.5. The van der Waals surface area contributed by atoms with Gasteiger partial charge in [0.05, 0.1) is 34.8 Å². The van der Waals surface area contributed by atoms with Crippen LogP contribution in [-0.2, 0) is 32.6 Å². The summed E-state index contributed by atoms with van der Waals surface area (Å²) in [5, 5.41) is 3.97. The number of amides is 2. The van der Waals surface area contributed by atoms with Crippen molar-refractivity contribution in [1.82, 2.24) is 10.2 Å². The van der Waals surface area contributed by atoms with E-state index in [1.807, 2.05) is 51.1 Å². The number of carbonyl (C=O) groups is 2. The number of carbonyl (C=O) groups excluding carboxylic acids is 2. The van der Waals surface area contributed by atoms with Crippen molar-refractivity contribution in [2.45, 2.75) is 50.2 Å². The summed E-state index contributed by atoms with van der Waals surface area (Å²) in [6.07, 6.45) is 0.152. The van der Waals surface area contributed by atoms with Crippen molar-refractivity contribution >= 4 is 62.3 Å². The van der Waals surface area contributed by atoms with Crippen LogP contribution in [0.1, 0.15) is 31.9 Å². The van der Waals surface area contributed by atoms with Crippen LogP contribution in [-0.4, -0.2) is 57.5 Å². The lowest BCUT2D eigenvalue weighted by atomic mass is 10.0. The van der Waals surface area contributed by atoms with E-state index in [2.05, 4.69) is 5.32 Å². The summed E-state index contributed by atoms with van der Waals surface area (Å²) in [7, 11) is -1.57. The number of ether oxygens (including phenoxy) is 2. The maximum atomic E-state index is 14.7. The molecule has 0 radical (unpaired) electrons. The summed E-state index contributed by atoms with van der Waals surface area (Å²) in [6, 6.07) is 23.4. The fourth-order valence-electron chi connectivity index (χ4n) is 5.08. The van der Waals surface area contributed by atoms with Gasteiger partial charge in [-0.25, -0.2) is 8.42 Å². The van der Waals surface area contributed by atoms with E-state index in [1.54, 1.807) is 18.2 Å². The van der Waals surface area contributed by atoms with Crippen molar-refractivity contribution < 1.29 is 27.5 Å². The molecule has 0 bridgehead atoms. The fourth-order valence-corrected chi connectivity index (χ4v) is 6.96. The van der Waals surface area contributed by atoms with Crippen LogP contribution in [0.2, 0.25) is 15.1 Å². The SMILES string of the molecule is COc1ccc(S(=O)(=O)N(CC(=O)N(Cc2ccc(Cl)c(Cl)c2)[C@H](Cc2ccccc2)C(=O)NC(C)(C)C)c2ccc(Cl)cc2)cc1OC. The van der Waals surface area contributed by atoms with E-state index in [-0.39, 0.29) is 34.3 Å². The molecule has 9 nitrogen and oxygen atoms in total. The van der Waals surface area contributed by atoms with Gasteiger partial charge in [-0.15, -0.1) is 0 Å². The first-order valence-corrected chi connectivity index (χ1v) is 17.8. The molecule has 1 atom stereocenters. The van der Waals surface area contributed by atoms with E-state index in [9.17, 15) is 18.0 Å². The molecule has 260 valence electrons. The minimum atomic E-state index is -4.40. The third-order valence-electron chi connectivity index (χ3n) is 7.44. The Balaban J connectivity index is 1.85. The van der Waals surface area contributed by atoms with Gasteiger partial charge in [0.2, 0.25) is 11.8 Å². The standard InChI is InChI=1S/C36H38Cl3N3O6S/c1-36(2,3)40-35(44)31(20-24-9-7-6-8-10-24)41(22-25-11-17-29(38)30(39)19-25)34(43)23-42(27-14-12-26(37)13-15-27)49(45,46)28-16-18-32(47-4)33(21-28)48-5/h6-19,21,31H,20,22-23H2,1-5H3,(H,40,44)/t31-/m1/s1. The largest absolute Gasteiger partial charge is 0.493 e. The maximum Gasteiger partial charge on any atom is 0.264 e. The van der Waals surface area contributed by atoms with Gasteiger partial charge in [0, 0.05) is 29.6 Å². The molecule has 0 heterocycles. The lowest BCUT2D eigenvalue weighted by Crippen LogP contribution is -2.56. The van der Waals surface area contributed by atoms with Crippen LogP contribution >= 0.6 is 34.8 Å². The zero-order valence-electron chi connectivity index (χ0n) is 27.7. The Kier molecular flexibility index (Phi) is 12.5. The molecule has 0 aliphatic carbocycles. The summed E-state index contributed by atoms with van der Waals surface area (Å²) in [5.74, 6) is -0.536. The van der Waals surface area contributed by atoms with Crippen molar-refractivity contribution in [1.29, 1.82) is 0 Å². The van der Waals surface area contributed by atoms with E-state index in [0.717, 1.165) is 9.87 Å². The van der Waals surface area contributed by atoms with E-state index in [4.69, 9.17) is 44.3 Å². The monoisotopic (exact) mass is 745 g/mol. The first kappa shape index (κ1) is 37.9. The Morgan fingerprint density at radius 2 is 1.45 bits per heavy atom. The highest BCUT2D eigenvalue weighted by Gasteiger charge is 2.36. The number of nitrogens with one attached hydrogen (secondary N) is 1. The number of rotatable bonds is 13. The van der Waals surface area contributed by atoms with Gasteiger partial charge in [0.1, 0.15) is 12.6 Å². The molecule has 4 rings (SSSR count). The molecule has 0 aliphatic heterocycles. The van der Waals surface area contributed by atoms with E-state index < -0.39 is 40.0 Å². The molecule has 0 unspecified atom stereocenters. The van der Waals surface area contributed by atoms with E-state index >= 15 is 0 Å². The molecule has 0 spiro atoms. The molecule has 0 fully saturated rings. The van der Waals surface area contributed by atoms with Crippen LogP contribution in [0.25, 0.3) is 0 Å². The van der Waals surface area contributed by atoms with Gasteiger partial charge < -0.3 is 19.7 Å². The molecular formula is C36H38Cl3N3O6S. The summed E-state index contributed by atoms with van der Waals surface area (Å²) >= 11 is 18.7. The minimum Gasteiger partial charge on any atom is -0.493 e. The van der Waals surface area contributed by atoms with Gasteiger partial charge in [-0.3, -0.25) is 13.9 Å². The van der Waals surface area contributed by atoms with Gasteiger partial charge >= 0.3 is 0 Å². The number of hydrogen-bond acceptors (Lipinski definition) is 6. The number of hydrogen-bond donors (Lipinski definition) is 1. The minimum absolute atomic E-state index is 0.0738. The summed E-state index contributed by atoms with van der Waals surface area (Å²) in [4.78, 5) is 29.9. The van der Waals surface area contributed by atoms with Crippen LogP contribution in [0.3, 0.4) is 0 Å². The Morgan fingerprint density at radius 3 is 2.04 bits per heavy atom. The third-order valence-corrected chi connectivity index (χ3v) is 10.2. The summed E-state index contributed by atoms with van der Waals surface area (Å²) in [5.41, 5.74) is 0.943. The van der Waals surface area contributed by atoms with Gasteiger partial charge in [0.15, 0.2) is 11.5 Å². The lowest BCUT2D eigenvalue weighted by Gasteiger charge is -2.35. The van der Waals surface area contributed by atoms with Gasteiger partial charge in [-0.05, 0) is 80.4 Å². The Bertz CT molecular complexity index is 1880. The molecular weight excluding hydrogens is 709 g/mol. The molecule has 0 saturated heterocycles. The first-order chi connectivity index (χ1) is 23.1. The third kappa shape index (κ3) is 9.82. The molecule has 13 heteroatoms. The second-order valence-corrected chi connectivity index (χ2v) is 15.3. The molecule has 4 aromatic rings. The Morgan fingerprint density at radius 1 is 0.796 bits per heavy atom. The number of sulfonamides is 1. The number of benzene rings is 4. The molecule has 0 saturated carbocycles. The van der Waals surface area contributed by atoms with E-state index in [1.165, 1.54) is 61.6 Å². The van der Waals surface area contributed by atoms with Crippen molar-refractivity contribution in [2.75, 3.05) is 25.1 Å². The highest BCUT2D eigenvalue weighted by Crippen LogP contribution is 2.33. The predicted octanol–water partition coefficient (Wildman–Crippen LogP) is 7.41. The molecule has 49 heavy (non-hydrogen) atoms. The smallest absolute Gasteiger partial charge is 0.264 e. The van der Waals surface area contributed by atoms with Crippen LogP contribution in [0.5, 0.6) is 11.5 Å². The Hall–Kier alpha value is -3.96. The first-order valence-electron chi connectivity index (χ1n) is 15.2. The van der Waals surface area contributed by atoms with Gasteiger partial charge in [-0.1, -0.05) is 71.2 Å². The topological polar surface area (TPSA) is 105 Å². The zero-order chi connectivity index (χ0) is 35.9. The molecule has 0 aliphatic rings. The highest BCUT2D eigenvalue weighted by molar-refractivity contribution is 7.92. The number of anilines is 1. The van der Waals surface area contributed by atoms with Crippen molar-refractivity contribution in [2.24, 2.45) is 0 Å². The summed E-state index contributed by atoms with van der Waals surface area (Å²) < 4.78 is 40.4. The molecule has 1 N–H and O–H groups in total. The van der Waals surface area contributed by atoms with Crippen molar-refractivity contribution in [3.8, 4) is 11.5 Å². The van der Waals surface area contributed by atoms with E-state index in [0.29, 0.717) is 21.4 Å². The average Bonchev–Trinajstić information content (AvgIpc) is 3.06. The van der Waals surface area contributed by atoms with Crippen molar-refractivity contribution in [3.63, 3.8) is 0 Å². The molecule has 0 aromatic heterocycles. The number of halogens is 3. The maximum absolute atomic E-state index is 14.7. The van der Waals surface area contributed by atoms with Crippen LogP contribution in [0.4, 0.5) is 5.69 Å². The van der Waals surface area contributed by atoms with Crippen LogP contribution in [0, 0.1) is 0 Å². The quantitative estimate of drug-likeness (QED) is 0.153. The molecule has 2 amide bonds. The summed E-state index contributed by atoms with van der Waals surface area (Å²) in [6.45, 7) is 4.79. The average molecular weight is 747 g/mol. The van der Waals surface area contributed by atoms with Gasteiger partial charge in [0.25, 0.3) is 10.0 Å². The number of methoxy groups -OCH3 is 2. The second-order valence-electron chi connectivity index (χ2n) is 12.2.